The van der Waals surface area contributed by atoms with Gasteiger partial charge in [-0.3, -0.25) is 4.79 Å². The number of nitrogens with one attached hydrogen (secondary N) is 2. The first-order valence-electron chi connectivity index (χ1n) is 7.21. The quantitative estimate of drug-likeness (QED) is 0.860. The lowest BCUT2D eigenvalue weighted by Crippen LogP contribution is -2.10. The first-order chi connectivity index (χ1) is 10.1. The Labute approximate surface area is 125 Å². The summed E-state index contributed by atoms with van der Waals surface area (Å²) in [6.07, 6.45) is 2.16. The number of nitrogens with zero attached hydrogens (tertiary/aromatic N) is 1. The van der Waals surface area contributed by atoms with Crippen molar-refractivity contribution in [2.75, 3.05) is 10.6 Å². The summed E-state index contributed by atoms with van der Waals surface area (Å²) in [6.45, 7) is 6.16. The normalized spacial score (nSPS) is 10.5. The highest BCUT2D eigenvalue weighted by atomic mass is 16.1. The van der Waals surface area contributed by atoms with Gasteiger partial charge in [-0.2, -0.15) is 0 Å². The van der Waals surface area contributed by atoms with Crippen LogP contribution >= 0.6 is 0 Å². The van der Waals surface area contributed by atoms with Crippen molar-refractivity contribution in [1.82, 2.24) is 4.98 Å². The average Bonchev–Trinajstić information content (AvgIpc) is 2.49. The highest BCUT2D eigenvalue weighted by Gasteiger charge is 2.02. The first-order valence-corrected chi connectivity index (χ1v) is 7.21. The molecule has 4 nitrogen and oxygen atoms in total. The van der Waals surface area contributed by atoms with Crippen molar-refractivity contribution in [2.45, 2.75) is 33.1 Å². The number of benzene rings is 1. The molecule has 0 spiro atoms. The van der Waals surface area contributed by atoms with E-state index in [1.807, 2.05) is 13.0 Å². The molecule has 2 N–H and O–H groups in total. The molecule has 2 rings (SSSR count). The molecule has 0 atom stereocenters. The summed E-state index contributed by atoms with van der Waals surface area (Å²) in [5.74, 6) is 1.07. The number of amides is 1. The number of hydrogen-bond acceptors (Lipinski definition) is 3. The topological polar surface area (TPSA) is 54.0 Å². The maximum Gasteiger partial charge on any atom is 0.225 e. The molecule has 0 aliphatic heterocycles. The third-order valence-electron chi connectivity index (χ3n) is 3.22. The minimum Gasteiger partial charge on any atom is -0.354 e. The summed E-state index contributed by atoms with van der Waals surface area (Å²) in [4.78, 5) is 15.5. The number of rotatable bonds is 5. The minimum atomic E-state index is -0.0347. The van der Waals surface area contributed by atoms with E-state index in [9.17, 15) is 4.79 Å². The van der Waals surface area contributed by atoms with Gasteiger partial charge in [-0.15, -0.1) is 0 Å². The van der Waals surface area contributed by atoms with E-state index in [0.29, 0.717) is 18.2 Å². The summed E-state index contributed by atoms with van der Waals surface area (Å²) in [7, 11) is 0. The molecular weight excluding hydrogens is 262 g/mol. The van der Waals surface area contributed by atoms with Crippen molar-refractivity contribution < 1.29 is 4.79 Å². The SMILES string of the molecule is CCC(=O)Nc1ccc(Nc2ccc(C(C)C)cc2)cn1. The first kappa shape index (κ1) is 15.0. The van der Waals surface area contributed by atoms with Gasteiger partial charge < -0.3 is 10.6 Å². The third kappa shape index (κ3) is 4.31. The Kier molecular flexibility index (Phi) is 4.93. The highest BCUT2D eigenvalue weighted by molar-refractivity contribution is 5.89. The van der Waals surface area contributed by atoms with Crippen LogP contribution in [0.4, 0.5) is 17.2 Å². The molecule has 0 radical (unpaired) electrons. The van der Waals surface area contributed by atoms with Crippen molar-refractivity contribution in [2.24, 2.45) is 0 Å². The molecule has 2 aromatic rings. The van der Waals surface area contributed by atoms with Crippen molar-refractivity contribution >= 4 is 23.1 Å². The van der Waals surface area contributed by atoms with E-state index in [-0.39, 0.29) is 5.91 Å². The lowest BCUT2D eigenvalue weighted by atomic mass is 10.0. The molecule has 1 heterocycles. The fourth-order valence-electron chi connectivity index (χ4n) is 1.89. The van der Waals surface area contributed by atoms with Crippen LogP contribution in [0.2, 0.25) is 0 Å². The summed E-state index contributed by atoms with van der Waals surface area (Å²) in [5.41, 5.74) is 3.23. The summed E-state index contributed by atoms with van der Waals surface area (Å²) >= 11 is 0. The predicted molar refractivity (Wildman–Crippen MR) is 87.0 cm³/mol. The van der Waals surface area contributed by atoms with Crippen LogP contribution in [0.15, 0.2) is 42.6 Å². The van der Waals surface area contributed by atoms with Gasteiger partial charge in [0.25, 0.3) is 0 Å². The Balaban J connectivity index is 2.01. The molecule has 0 aliphatic rings. The van der Waals surface area contributed by atoms with E-state index in [1.165, 1.54) is 5.56 Å². The Hall–Kier alpha value is -2.36. The van der Waals surface area contributed by atoms with Crippen molar-refractivity contribution in [3.8, 4) is 0 Å². The van der Waals surface area contributed by atoms with Gasteiger partial charge in [-0.1, -0.05) is 32.9 Å². The summed E-state index contributed by atoms with van der Waals surface area (Å²) in [6, 6.07) is 12.0. The number of aromatic nitrogens is 1. The highest BCUT2D eigenvalue weighted by Crippen LogP contribution is 2.20. The largest absolute Gasteiger partial charge is 0.354 e. The van der Waals surface area contributed by atoms with Crippen LogP contribution in [0.25, 0.3) is 0 Å². The lowest BCUT2D eigenvalue weighted by Gasteiger charge is -2.09. The van der Waals surface area contributed by atoms with Crippen molar-refractivity contribution in [3.63, 3.8) is 0 Å². The van der Waals surface area contributed by atoms with Crippen LogP contribution in [-0.2, 0) is 4.79 Å². The number of anilines is 3. The number of carbonyl (C=O) groups excluding carboxylic acids is 1. The molecule has 0 unspecified atom stereocenters. The van der Waals surface area contributed by atoms with Crippen LogP contribution < -0.4 is 10.6 Å². The number of hydrogen-bond donors (Lipinski definition) is 2. The van der Waals surface area contributed by atoms with E-state index >= 15 is 0 Å². The molecule has 1 aromatic carbocycles. The second kappa shape index (κ2) is 6.88. The standard InChI is InChI=1S/C17H21N3O/c1-4-17(21)20-16-10-9-15(11-18-16)19-14-7-5-13(6-8-14)12(2)3/h5-12,19H,4H2,1-3H3,(H,18,20,21). The molecule has 0 fully saturated rings. The molecule has 110 valence electrons. The second-order valence-corrected chi connectivity index (χ2v) is 5.24. The van der Waals surface area contributed by atoms with Crippen molar-refractivity contribution in [3.05, 3.63) is 48.2 Å². The molecule has 0 bridgehead atoms. The lowest BCUT2D eigenvalue weighted by molar-refractivity contribution is -0.115. The van der Waals surface area contributed by atoms with Gasteiger partial charge in [-0.25, -0.2) is 4.98 Å². The van der Waals surface area contributed by atoms with Crippen LogP contribution in [-0.4, -0.2) is 10.9 Å². The summed E-state index contributed by atoms with van der Waals surface area (Å²) < 4.78 is 0. The van der Waals surface area contributed by atoms with E-state index < -0.39 is 0 Å². The fourth-order valence-corrected chi connectivity index (χ4v) is 1.89. The molecule has 0 aliphatic carbocycles. The molecule has 0 saturated carbocycles. The van der Waals surface area contributed by atoms with Gasteiger partial charge in [0.15, 0.2) is 0 Å². The zero-order chi connectivity index (χ0) is 15.2. The third-order valence-corrected chi connectivity index (χ3v) is 3.22. The minimum absolute atomic E-state index is 0.0347. The summed E-state index contributed by atoms with van der Waals surface area (Å²) in [5, 5.41) is 6.01. The van der Waals surface area contributed by atoms with Crippen LogP contribution in [0.1, 0.15) is 38.7 Å². The average molecular weight is 283 g/mol. The molecular formula is C17H21N3O. The van der Waals surface area contributed by atoms with Crippen LogP contribution in [0, 0.1) is 0 Å². The van der Waals surface area contributed by atoms with E-state index in [0.717, 1.165) is 11.4 Å². The number of carbonyl (C=O) groups is 1. The molecule has 4 heteroatoms. The van der Waals surface area contributed by atoms with Gasteiger partial charge in [0.05, 0.1) is 11.9 Å². The Bertz CT molecular complexity index is 588. The molecule has 0 saturated heterocycles. The zero-order valence-corrected chi connectivity index (χ0v) is 12.7. The van der Waals surface area contributed by atoms with E-state index in [4.69, 9.17) is 0 Å². The predicted octanol–water partition coefficient (Wildman–Crippen LogP) is 4.30. The fraction of sp³-hybridized carbons (Fsp3) is 0.294. The maximum absolute atomic E-state index is 11.3. The van der Waals surface area contributed by atoms with Gasteiger partial charge >= 0.3 is 0 Å². The molecule has 1 amide bonds. The molecule has 21 heavy (non-hydrogen) atoms. The van der Waals surface area contributed by atoms with Crippen molar-refractivity contribution in [1.29, 1.82) is 0 Å². The van der Waals surface area contributed by atoms with Gasteiger partial charge in [0.1, 0.15) is 5.82 Å². The van der Waals surface area contributed by atoms with E-state index in [1.54, 1.807) is 12.3 Å². The van der Waals surface area contributed by atoms with Crippen LogP contribution in [0.3, 0.4) is 0 Å². The smallest absolute Gasteiger partial charge is 0.225 e. The maximum atomic E-state index is 11.3. The number of pyridine rings is 1. The Morgan fingerprint density at radius 2 is 1.76 bits per heavy atom. The molecule has 1 aromatic heterocycles. The second-order valence-electron chi connectivity index (χ2n) is 5.24. The van der Waals surface area contributed by atoms with Crippen LogP contribution in [0.5, 0.6) is 0 Å². The van der Waals surface area contributed by atoms with Gasteiger partial charge in [0.2, 0.25) is 5.91 Å². The zero-order valence-electron chi connectivity index (χ0n) is 12.7. The van der Waals surface area contributed by atoms with Gasteiger partial charge in [-0.05, 0) is 35.7 Å². The van der Waals surface area contributed by atoms with Gasteiger partial charge in [0, 0.05) is 12.1 Å². The van der Waals surface area contributed by atoms with E-state index in [2.05, 4.69) is 53.7 Å². The Morgan fingerprint density at radius 1 is 1.10 bits per heavy atom. The monoisotopic (exact) mass is 283 g/mol. The Morgan fingerprint density at radius 3 is 2.29 bits per heavy atom.